The van der Waals surface area contributed by atoms with Gasteiger partial charge in [-0.15, -0.1) is 0 Å². The maximum Gasteiger partial charge on any atom is 0.306 e. The summed E-state index contributed by atoms with van der Waals surface area (Å²) in [5.74, 6) is -0.768. The summed E-state index contributed by atoms with van der Waals surface area (Å²) in [6, 6.07) is 0. The fourth-order valence-electron chi connectivity index (χ4n) is 0.890. The Morgan fingerprint density at radius 2 is 2.33 bits per heavy atom. The molecular formula is C6H10O3. The van der Waals surface area contributed by atoms with Gasteiger partial charge in [-0.3, -0.25) is 4.79 Å². The molecule has 0 saturated carbocycles. The third-order valence-electron chi connectivity index (χ3n) is 1.47. The fourth-order valence-corrected chi connectivity index (χ4v) is 0.890. The molecule has 52 valence electrons. The van der Waals surface area contributed by atoms with Crippen LogP contribution in [0.25, 0.3) is 0 Å². The van der Waals surface area contributed by atoms with Crippen LogP contribution in [0.3, 0.4) is 0 Å². The molecule has 0 amide bonds. The lowest BCUT2D eigenvalue weighted by Crippen LogP contribution is -2.02. The molecular weight excluding hydrogens is 120 g/mol. The second-order valence-electron chi connectivity index (χ2n) is 2.22. The van der Waals surface area contributed by atoms with Crippen LogP contribution in [0, 0.1) is 0 Å². The first kappa shape index (κ1) is 6.55. The monoisotopic (exact) mass is 130 g/mol. The molecule has 1 heterocycles. The van der Waals surface area contributed by atoms with E-state index >= 15 is 0 Å². The summed E-state index contributed by atoms with van der Waals surface area (Å²) < 4.78 is 5.00. The highest BCUT2D eigenvalue weighted by Gasteiger charge is 2.38. The van der Waals surface area contributed by atoms with E-state index in [1.54, 1.807) is 0 Å². The number of carboxylic acids is 1. The average molecular weight is 130 g/mol. The van der Waals surface area contributed by atoms with Crippen molar-refractivity contribution in [2.24, 2.45) is 0 Å². The van der Waals surface area contributed by atoms with E-state index in [1.165, 1.54) is 0 Å². The van der Waals surface area contributed by atoms with Gasteiger partial charge in [-0.1, -0.05) is 6.92 Å². The largest absolute Gasteiger partial charge is 0.481 e. The highest BCUT2D eigenvalue weighted by molar-refractivity contribution is 5.67. The van der Waals surface area contributed by atoms with Crippen molar-refractivity contribution < 1.29 is 14.6 Å². The molecule has 0 aromatic heterocycles. The van der Waals surface area contributed by atoms with E-state index in [9.17, 15) is 4.79 Å². The topological polar surface area (TPSA) is 49.8 Å². The maximum atomic E-state index is 10.0. The minimum atomic E-state index is -0.768. The summed E-state index contributed by atoms with van der Waals surface area (Å²) in [6.45, 7) is 1.99. The van der Waals surface area contributed by atoms with Crippen LogP contribution in [-0.2, 0) is 9.53 Å². The second kappa shape index (κ2) is 2.35. The first-order valence-electron chi connectivity index (χ1n) is 3.11. The summed E-state index contributed by atoms with van der Waals surface area (Å²) in [6.07, 6.45) is 1.32. The van der Waals surface area contributed by atoms with E-state index in [0.717, 1.165) is 6.42 Å². The van der Waals surface area contributed by atoms with Crippen molar-refractivity contribution in [1.82, 2.24) is 0 Å². The molecule has 1 rings (SSSR count). The van der Waals surface area contributed by atoms with Crippen molar-refractivity contribution in [3.05, 3.63) is 0 Å². The number of aliphatic carboxylic acids is 1. The predicted octanol–water partition coefficient (Wildman–Crippen LogP) is 0.639. The number of ether oxygens (including phenoxy) is 1. The second-order valence-corrected chi connectivity index (χ2v) is 2.22. The Hall–Kier alpha value is -0.570. The Bertz CT molecular complexity index is 121. The number of carboxylic acid groups (broad SMARTS) is 1. The number of carbonyl (C=O) groups is 1. The summed E-state index contributed by atoms with van der Waals surface area (Å²) >= 11 is 0. The molecule has 3 nitrogen and oxygen atoms in total. The molecule has 1 N–H and O–H groups in total. The molecule has 0 aliphatic carbocycles. The van der Waals surface area contributed by atoms with Gasteiger partial charge in [0.2, 0.25) is 0 Å². The zero-order chi connectivity index (χ0) is 6.85. The summed E-state index contributed by atoms with van der Waals surface area (Å²) in [5.41, 5.74) is 0. The molecule has 0 bridgehead atoms. The van der Waals surface area contributed by atoms with Crippen LogP contribution in [0.2, 0.25) is 0 Å². The van der Waals surface area contributed by atoms with Crippen molar-refractivity contribution in [3.63, 3.8) is 0 Å². The molecule has 1 aliphatic rings. The number of rotatable bonds is 3. The molecule has 1 unspecified atom stereocenters. The molecule has 9 heavy (non-hydrogen) atoms. The van der Waals surface area contributed by atoms with Gasteiger partial charge in [0.1, 0.15) is 0 Å². The first-order valence-corrected chi connectivity index (χ1v) is 3.11. The van der Waals surface area contributed by atoms with Gasteiger partial charge in [0.05, 0.1) is 18.6 Å². The quantitative estimate of drug-likeness (QED) is 0.570. The molecule has 3 heteroatoms. The van der Waals surface area contributed by atoms with Crippen LogP contribution in [0.5, 0.6) is 0 Å². The van der Waals surface area contributed by atoms with E-state index in [2.05, 4.69) is 0 Å². The fraction of sp³-hybridized carbons (Fsp3) is 0.833. The SMILES string of the molecule is CCC1O[C@H]1CC(=O)O. The van der Waals surface area contributed by atoms with Crippen molar-refractivity contribution >= 4 is 5.97 Å². The molecule has 0 aromatic carbocycles. The smallest absolute Gasteiger partial charge is 0.306 e. The Morgan fingerprint density at radius 1 is 1.67 bits per heavy atom. The van der Waals surface area contributed by atoms with Crippen LogP contribution >= 0.6 is 0 Å². The Morgan fingerprint density at radius 3 is 2.67 bits per heavy atom. The van der Waals surface area contributed by atoms with Crippen LogP contribution in [0.4, 0.5) is 0 Å². The molecule has 1 fully saturated rings. The van der Waals surface area contributed by atoms with E-state index in [1.807, 2.05) is 6.92 Å². The van der Waals surface area contributed by atoms with E-state index in [0.29, 0.717) is 0 Å². The lowest BCUT2D eigenvalue weighted by Gasteiger charge is -1.83. The third-order valence-corrected chi connectivity index (χ3v) is 1.47. The molecule has 0 radical (unpaired) electrons. The third kappa shape index (κ3) is 1.68. The molecule has 0 spiro atoms. The number of epoxide rings is 1. The highest BCUT2D eigenvalue weighted by atomic mass is 16.6. The lowest BCUT2D eigenvalue weighted by molar-refractivity contribution is -0.137. The molecule has 1 aliphatic heterocycles. The zero-order valence-electron chi connectivity index (χ0n) is 5.33. The van der Waals surface area contributed by atoms with Gasteiger partial charge < -0.3 is 9.84 Å². The van der Waals surface area contributed by atoms with E-state index in [4.69, 9.17) is 9.84 Å². The van der Waals surface area contributed by atoms with Gasteiger partial charge in [-0.05, 0) is 6.42 Å². The van der Waals surface area contributed by atoms with Crippen molar-refractivity contribution in [2.75, 3.05) is 0 Å². The van der Waals surface area contributed by atoms with Gasteiger partial charge >= 0.3 is 5.97 Å². The molecule has 0 aromatic rings. The first-order chi connectivity index (χ1) is 4.24. The van der Waals surface area contributed by atoms with Crippen LogP contribution in [-0.4, -0.2) is 23.3 Å². The predicted molar refractivity (Wildman–Crippen MR) is 31.2 cm³/mol. The van der Waals surface area contributed by atoms with Crippen molar-refractivity contribution in [2.45, 2.75) is 32.0 Å². The summed E-state index contributed by atoms with van der Waals surface area (Å²) in [7, 11) is 0. The van der Waals surface area contributed by atoms with Gasteiger partial charge in [0.15, 0.2) is 0 Å². The normalized spacial score (nSPS) is 32.1. The van der Waals surface area contributed by atoms with Crippen molar-refractivity contribution in [3.8, 4) is 0 Å². The Balaban J connectivity index is 2.12. The number of hydrogen-bond acceptors (Lipinski definition) is 2. The average Bonchev–Trinajstić information content (AvgIpc) is 2.45. The van der Waals surface area contributed by atoms with Gasteiger partial charge in [-0.25, -0.2) is 0 Å². The Kier molecular flexibility index (Phi) is 1.71. The number of hydrogen-bond donors (Lipinski definition) is 1. The highest BCUT2D eigenvalue weighted by Crippen LogP contribution is 2.27. The lowest BCUT2D eigenvalue weighted by atomic mass is 10.2. The molecule has 2 atom stereocenters. The van der Waals surface area contributed by atoms with Gasteiger partial charge in [-0.2, -0.15) is 0 Å². The van der Waals surface area contributed by atoms with Crippen LogP contribution in [0.1, 0.15) is 19.8 Å². The van der Waals surface area contributed by atoms with E-state index < -0.39 is 5.97 Å². The van der Waals surface area contributed by atoms with Crippen molar-refractivity contribution in [1.29, 1.82) is 0 Å². The standard InChI is InChI=1S/C6H10O3/c1-2-4-5(9-4)3-6(7)8/h4-5H,2-3H2,1H3,(H,7,8)/t4?,5-/m0/s1. The summed E-state index contributed by atoms with van der Waals surface area (Å²) in [5, 5.41) is 8.26. The van der Waals surface area contributed by atoms with Gasteiger partial charge in [0.25, 0.3) is 0 Å². The van der Waals surface area contributed by atoms with Crippen LogP contribution in [0.15, 0.2) is 0 Å². The maximum absolute atomic E-state index is 10.0. The summed E-state index contributed by atoms with van der Waals surface area (Å²) in [4.78, 5) is 10.0. The van der Waals surface area contributed by atoms with Gasteiger partial charge in [0, 0.05) is 0 Å². The Labute approximate surface area is 53.6 Å². The minimum absolute atomic E-state index is 0.00694. The minimum Gasteiger partial charge on any atom is -0.481 e. The van der Waals surface area contributed by atoms with E-state index in [-0.39, 0.29) is 18.6 Å². The van der Waals surface area contributed by atoms with Crippen LogP contribution < -0.4 is 0 Å². The zero-order valence-corrected chi connectivity index (χ0v) is 5.33. The molecule has 1 saturated heterocycles.